The molecule has 0 heterocycles. The van der Waals surface area contributed by atoms with Gasteiger partial charge in [0, 0.05) is 5.56 Å². The third-order valence-corrected chi connectivity index (χ3v) is 4.43. The average molecular weight is 411 g/mol. The highest BCUT2D eigenvalue weighted by atomic mass is 35.5. The smallest absolute Gasteiger partial charge is 0.337 e. The summed E-state index contributed by atoms with van der Waals surface area (Å²) in [5, 5.41) is 14.5. The largest absolute Gasteiger partial charge is 0.478 e. The van der Waals surface area contributed by atoms with Crippen LogP contribution >= 0.6 is 35.4 Å². The number of thiocarbonyl (C=S) groups is 1. The number of hydrogen-bond acceptors (Lipinski definition) is 3. The molecule has 1 amide bonds. The molecule has 26 heavy (non-hydrogen) atoms. The van der Waals surface area contributed by atoms with Gasteiger partial charge in [-0.05, 0) is 48.0 Å². The maximum Gasteiger partial charge on any atom is 0.337 e. The van der Waals surface area contributed by atoms with Gasteiger partial charge >= 0.3 is 5.97 Å². The lowest BCUT2D eigenvalue weighted by molar-refractivity contribution is 0.0697. The van der Waals surface area contributed by atoms with Crippen LogP contribution in [0.1, 0.15) is 46.0 Å². The topological polar surface area (TPSA) is 78.4 Å². The Balaban J connectivity index is 2.10. The van der Waals surface area contributed by atoms with Crippen LogP contribution in [0.2, 0.25) is 10.0 Å². The van der Waals surface area contributed by atoms with Crippen LogP contribution in [0.4, 0.5) is 5.69 Å². The zero-order valence-corrected chi connectivity index (χ0v) is 16.3. The highest BCUT2D eigenvalue weighted by Gasteiger charge is 2.15. The van der Waals surface area contributed by atoms with Crippen molar-refractivity contribution in [3.05, 3.63) is 63.1 Å². The number of aromatic carboxylic acids is 1. The van der Waals surface area contributed by atoms with E-state index >= 15 is 0 Å². The van der Waals surface area contributed by atoms with Crippen molar-refractivity contribution in [1.29, 1.82) is 0 Å². The third kappa shape index (κ3) is 4.94. The number of carbonyl (C=O) groups excluding carboxylic acids is 1. The Morgan fingerprint density at radius 1 is 1.08 bits per heavy atom. The second kappa shape index (κ2) is 8.49. The van der Waals surface area contributed by atoms with Crippen molar-refractivity contribution in [2.75, 3.05) is 5.32 Å². The van der Waals surface area contributed by atoms with E-state index in [0.29, 0.717) is 11.5 Å². The Labute approximate surface area is 166 Å². The van der Waals surface area contributed by atoms with E-state index in [4.69, 9.17) is 40.5 Å². The van der Waals surface area contributed by atoms with E-state index in [9.17, 15) is 9.59 Å². The van der Waals surface area contributed by atoms with Gasteiger partial charge in [-0.2, -0.15) is 0 Å². The second-order valence-corrected chi connectivity index (χ2v) is 7.02. The van der Waals surface area contributed by atoms with Crippen molar-refractivity contribution in [3.8, 4) is 0 Å². The van der Waals surface area contributed by atoms with Crippen molar-refractivity contribution in [3.63, 3.8) is 0 Å². The number of anilines is 1. The van der Waals surface area contributed by atoms with E-state index in [1.807, 2.05) is 12.1 Å². The summed E-state index contributed by atoms with van der Waals surface area (Å²) in [5.41, 5.74) is 1.68. The predicted molar refractivity (Wildman–Crippen MR) is 108 cm³/mol. The van der Waals surface area contributed by atoms with Gasteiger partial charge in [-0.1, -0.05) is 49.2 Å². The molecule has 0 saturated carbocycles. The molecule has 0 spiro atoms. The number of rotatable bonds is 4. The van der Waals surface area contributed by atoms with Gasteiger partial charge in [0.05, 0.1) is 21.3 Å². The maximum atomic E-state index is 12.3. The molecule has 0 bridgehead atoms. The molecule has 0 saturated heterocycles. The lowest BCUT2D eigenvalue weighted by Gasteiger charge is -2.13. The van der Waals surface area contributed by atoms with Crippen LogP contribution in [0.25, 0.3) is 0 Å². The van der Waals surface area contributed by atoms with Crippen LogP contribution in [0.5, 0.6) is 0 Å². The fourth-order valence-electron chi connectivity index (χ4n) is 2.16. The van der Waals surface area contributed by atoms with Crippen molar-refractivity contribution < 1.29 is 14.7 Å². The van der Waals surface area contributed by atoms with E-state index in [0.717, 1.165) is 5.56 Å². The molecule has 0 aliphatic rings. The molecule has 5 nitrogen and oxygen atoms in total. The predicted octanol–water partition coefficient (Wildman–Crippen LogP) is 4.94. The van der Waals surface area contributed by atoms with Crippen LogP contribution in [-0.2, 0) is 0 Å². The van der Waals surface area contributed by atoms with Crippen LogP contribution in [0.3, 0.4) is 0 Å². The molecule has 0 atom stereocenters. The normalized spacial score (nSPS) is 10.5. The lowest BCUT2D eigenvalue weighted by Crippen LogP contribution is -2.34. The molecule has 3 N–H and O–H groups in total. The molecule has 0 fully saturated rings. The Kier molecular flexibility index (Phi) is 6.58. The number of nitrogens with one attached hydrogen (secondary N) is 2. The number of amides is 1. The fraction of sp³-hybridized carbons (Fsp3) is 0.167. The van der Waals surface area contributed by atoms with Crippen LogP contribution in [-0.4, -0.2) is 22.1 Å². The van der Waals surface area contributed by atoms with Gasteiger partial charge in [0.15, 0.2) is 5.11 Å². The summed E-state index contributed by atoms with van der Waals surface area (Å²) in [6.45, 7) is 4.13. The van der Waals surface area contributed by atoms with Crippen LogP contribution in [0, 0.1) is 0 Å². The van der Waals surface area contributed by atoms with Gasteiger partial charge in [-0.3, -0.25) is 10.1 Å². The molecule has 0 aromatic heterocycles. The number of halogens is 2. The standard InChI is InChI=1S/C18H16Cl2N2O3S/c1-9(2)10-3-5-11(6-4-10)16(23)22-18(26)21-15-7-12(17(24)25)13(19)8-14(15)20/h3-9H,1-2H3,(H,24,25)(H2,21,22,23,26). The molecule has 0 aliphatic heterocycles. The van der Waals surface area contributed by atoms with Crippen LogP contribution in [0.15, 0.2) is 36.4 Å². The molecule has 2 aromatic carbocycles. The SMILES string of the molecule is CC(C)c1ccc(C(=O)NC(=S)Nc2cc(C(=O)O)c(Cl)cc2Cl)cc1. The fourth-order valence-corrected chi connectivity index (χ4v) is 2.87. The summed E-state index contributed by atoms with van der Waals surface area (Å²) in [6, 6.07) is 9.74. The minimum atomic E-state index is -1.20. The Bertz CT molecular complexity index is 867. The summed E-state index contributed by atoms with van der Waals surface area (Å²) in [6.07, 6.45) is 0. The first-order valence-electron chi connectivity index (χ1n) is 7.63. The molecule has 8 heteroatoms. The van der Waals surface area contributed by atoms with E-state index in [-0.39, 0.29) is 32.3 Å². The molecule has 2 aromatic rings. The van der Waals surface area contributed by atoms with Gasteiger partial charge in [0.2, 0.25) is 0 Å². The zero-order chi connectivity index (χ0) is 19.4. The molecule has 136 valence electrons. The number of carboxylic acids is 1. The van der Waals surface area contributed by atoms with Crippen molar-refractivity contribution in [2.45, 2.75) is 19.8 Å². The molecule has 2 rings (SSSR count). The van der Waals surface area contributed by atoms with Gasteiger partial charge in [-0.15, -0.1) is 0 Å². The monoisotopic (exact) mass is 410 g/mol. The zero-order valence-electron chi connectivity index (χ0n) is 14.0. The number of carbonyl (C=O) groups is 2. The quantitative estimate of drug-likeness (QED) is 0.621. The molecular weight excluding hydrogens is 395 g/mol. The summed E-state index contributed by atoms with van der Waals surface area (Å²) in [7, 11) is 0. The van der Waals surface area contributed by atoms with Gasteiger partial charge in [0.1, 0.15) is 0 Å². The van der Waals surface area contributed by atoms with E-state index in [1.165, 1.54) is 12.1 Å². The first kappa shape index (κ1) is 20.2. The van der Waals surface area contributed by atoms with Crippen molar-refractivity contribution in [1.82, 2.24) is 5.32 Å². The lowest BCUT2D eigenvalue weighted by atomic mass is 10.0. The number of hydrogen-bond donors (Lipinski definition) is 3. The summed E-state index contributed by atoms with van der Waals surface area (Å²) in [5.74, 6) is -1.22. The number of benzene rings is 2. The summed E-state index contributed by atoms with van der Waals surface area (Å²) >= 11 is 17.0. The highest BCUT2D eigenvalue weighted by molar-refractivity contribution is 7.80. The second-order valence-electron chi connectivity index (χ2n) is 5.80. The Morgan fingerprint density at radius 2 is 1.69 bits per heavy atom. The summed E-state index contributed by atoms with van der Waals surface area (Å²) < 4.78 is 0. The Morgan fingerprint density at radius 3 is 2.23 bits per heavy atom. The van der Waals surface area contributed by atoms with E-state index in [1.54, 1.807) is 12.1 Å². The third-order valence-electron chi connectivity index (χ3n) is 3.60. The average Bonchev–Trinajstić information content (AvgIpc) is 2.56. The molecule has 0 unspecified atom stereocenters. The first-order chi connectivity index (χ1) is 12.2. The Hall–Kier alpha value is -2.15. The molecule has 0 aliphatic carbocycles. The van der Waals surface area contributed by atoms with Gasteiger partial charge in [-0.25, -0.2) is 4.79 Å². The number of carboxylic acid groups (broad SMARTS) is 1. The van der Waals surface area contributed by atoms with E-state index in [2.05, 4.69) is 24.5 Å². The minimum absolute atomic E-state index is 0.00764. The van der Waals surface area contributed by atoms with Crippen molar-refractivity contribution in [2.24, 2.45) is 0 Å². The highest BCUT2D eigenvalue weighted by Crippen LogP contribution is 2.29. The van der Waals surface area contributed by atoms with Gasteiger partial charge < -0.3 is 10.4 Å². The maximum absolute atomic E-state index is 12.3. The minimum Gasteiger partial charge on any atom is -0.478 e. The first-order valence-corrected chi connectivity index (χ1v) is 8.80. The van der Waals surface area contributed by atoms with E-state index < -0.39 is 5.97 Å². The van der Waals surface area contributed by atoms with Crippen LogP contribution < -0.4 is 10.6 Å². The van der Waals surface area contributed by atoms with Gasteiger partial charge in [0.25, 0.3) is 5.91 Å². The summed E-state index contributed by atoms with van der Waals surface area (Å²) in [4.78, 5) is 23.4. The molecule has 0 radical (unpaired) electrons. The van der Waals surface area contributed by atoms with Crippen molar-refractivity contribution >= 4 is 58.1 Å². The molecular formula is C18H16Cl2N2O3S.